The number of hydrogen-bond donors (Lipinski definition) is 1. The minimum atomic E-state index is -0.720. The normalized spacial score (nSPS) is 18.0. The van der Waals surface area contributed by atoms with Crippen molar-refractivity contribution in [2.75, 3.05) is 41.4 Å². The Kier molecular flexibility index (Phi) is 6.91. The lowest BCUT2D eigenvalue weighted by molar-refractivity contribution is -0.139. The number of methoxy groups -OCH3 is 2. The van der Waals surface area contributed by atoms with Gasteiger partial charge >= 0.3 is 0 Å². The second-order valence-electron chi connectivity index (χ2n) is 7.50. The van der Waals surface area contributed by atoms with Crippen LogP contribution in [0.2, 0.25) is 0 Å². The van der Waals surface area contributed by atoms with Crippen LogP contribution in [0.15, 0.2) is 48.3 Å². The molecule has 0 radical (unpaired) electrons. The van der Waals surface area contributed by atoms with Crippen molar-refractivity contribution >= 4 is 17.4 Å². The number of nitrogens with zero attached hydrogens (tertiary/aromatic N) is 3. The van der Waals surface area contributed by atoms with Crippen LogP contribution in [0.3, 0.4) is 0 Å². The van der Waals surface area contributed by atoms with Gasteiger partial charge < -0.3 is 24.4 Å². The van der Waals surface area contributed by atoms with Gasteiger partial charge in [-0.25, -0.2) is 0 Å². The number of hydrogen-bond acceptors (Lipinski definition) is 7. The van der Waals surface area contributed by atoms with Crippen molar-refractivity contribution in [3.63, 3.8) is 0 Å². The summed E-state index contributed by atoms with van der Waals surface area (Å²) in [5, 5.41) is 11.2. The third kappa shape index (κ3) is 4.54. The van der Waals surface area contributed by atoms with E-state index in [1.54, 1.807) is 42.7 Å². The number of aliphatic hydroxyl groups excluding tert-OH is 1. The van der Waals surface area contributed by atoms with Gasteiger partial charge in [0.1, 0.15) is 17.3 Å². The van der Waals surface area contributed by atoms with E-state index in [0.29, 0.717) is 35.6 Å². The maximum absolute atomic E-state index is 13.0. The number of likely N-dealkylation sites (tertiary alicyclic amines) is 1. The van der Waals surface area contributed by atoms with Gasteiger partial charge in [-0.15, -0.1) is 0 Å². The molecule has 8 nitrogen and oxygen atoms in total. The zero-order chi connectivity index (χ0) is 22.5. The molecule has 3 rings (SSSR count). The van der Waals surface area contributed by atoms with E-state index in [0.717, 1.165) is 6.54 Å². The fraction of sp³-hybridized carbons (Fsp3) is 0.348. The van der Waals surface area contributed by atoms with Gasteiger partial charge in [0.2, 0.25) is 0 Å². The predicted molar refractivity (Wildman–Crippen MR) is 116 cm³/mol. The van der Waals surface area contributed by atoms with Crippen LogP contribution in [-0.2, 0) is 9.59 Å². The quantitative estimate of drug-likeness (QED) is 0.395. The highest BCUT2D eigenvalue weighted by Gasteiger charge is 2.46. The van der Waals surface area contributed by atoms with Crippen molar-refractivity contribution in [3.05, 3.63) is 59.4 Å². The lowest BCUT2D eigenvalue weighted by atomic mass is 9.95. The number of carbonyl (C=O) groups is 2. The second kappa shape index (κ2) is 9.61. The number of benzene rings is 1. The standard InChI is InChI=1S/C23H27N3O5/c1-25(2)12-5-13-26-20(15-8-10-24-11-9-15)19(22(28)23(26)29)21(27)17-7-6-16(30-3)14-18(17)31-4/h6-11,14,20,27H,5,12-13H2,1-4H3/b21-19+/t20-/m1/s1. The summed E-state index contributed by atoms with van der Waals surface area (Å²) < 4.78 is 10.6. The van der Waals surface area contributed by atoms with Crippen molar-refractivity contribution in [3.8, 4) is 11.5 Å². The van der Waals surface area contributed by atoms with Crippen LogP contribution in [0, 0.1) is 0 Å². The summed E-state index contributed by atoms with van der Waals surface area (Å²) in [6.45, 7) is 1.14. The van der Waals surface area contributed by atoms with E-state index in [9.17, 15) is 14.7 Å². The van der Waals surface area contributed by atoms with Gasteiger partial charge in [-0.1, -0.05) is 0 Å². The van der Waals surface area contributed by atoms with Gasteiger partial charge in [0.05, 0.1) is 31.4 Å². The highest BCUT2D eigenvalue weighted by molar-refractivity contribution is 6.46. The molecule has 1 fully saturated rings. The largest absolute Gasteiger partial charge is 0.507 e. The van der Waals surface area contributed by atoms with E-state index in [-0.39, 0.29) is 11.3 Å². The molecule has 1 amide bonds. The molecule has 8 heteroatoms. The Labute approximate surface area is 181 Å². The van der Waals surface area contributed by atoms with Crippen LogP contribution in [0.5, 0.6) is 11.5 Å². The summed E-state index contributed by atoms with van der Waals surface area (Å²) in [4.78, 5) is 33.5. The number of rotatable bonds is 8. The Hall–Kier alpha value is -3.39. The first-order valence-corrected chi connectivity index (χ1v) is 9.94. The molecule has 1 saturated heterocycles. The molecule has 1 aromatic carbocycles. The molecule has 0 unspecified atom stereocenters. The van der Waals surface area contributed by atoms with Crippen molar-refractivity contribution in [1.29, 1.82) is 0 Å². The summed E-state index contributed by atoms with van der Waals surface area (Å²) in [5.41, 5.74) is 1.05. The van der Waals surface area contributed by atoms with E-state index >= 15 is 0 Å². The molecule has 0 bridgehead atoms. The molecule has 164 valence electrons. The zero-order valence-corrected chi connectivity index (χ0v) is 18.2. The summed E-state index contributed by atoms with van der Waals surface area (Å²) in [6.07, 6.45) is 3.89. The van der Waals surface area contributed by atoms with Crippen molar-refractivity contribution < 1.29 is 24.2 Å². The number of Topliss-reactive ketones (excluding diaryl/α,β-unsaturated/α-hetero) is 1. The predicted octanol–water partition coefficient (Wildman–Crippen LogP) is 2.47. The highest BCUT2D eigenvalue weighted by Crippen LogP contribution is 2.41. The molecule has 1 aromatic heterocycles. The van der Waals surface area contributed by atoms with E-state index in [2.05, 4.69) is 4.98 Å². The van der Waals surface area contributed by atoms with Crippen LogP contribution >= 0.6 is 0 Å². The number of aliphatic hydroxyl groups is 1. The highest BCUT2D eigenvalue weighted by atomic mass is 16.5. The average molecular weight is 425 g/mol. The topological polar surface area (TPSA) is 92.2 Å². The zero-order valence-electron chi connectivity index (χ0n) is 18.2. The fourth-order valence-corrected chi connectivity index (χ4v) is 3.70. The van der Waals surface area contributed by atoms with Gasteiger partial charge in [-0.2, -0.15) is 0 Å². The molecule has 1 N–H and O–H groups in total. The molecule has 0 spiro atoms. The molecule has 31 heavy (non-hydrogen) atoms. The molecular formula is C23H27N3O5. The molecule has 1 aliphatic rings. The van der Waals surface area contributed by atoms with Crippen LogP contribution in [0.4, 0.5) is 0 Å². The molecule has 2 heterocycles. The van der Waals surface area contributed by atoms with E-state index in [4.69, 9.17) is 9.47 Å². The molecule has 0 aliphatic carbocycles. The fourth-order valence-electron chi connectivity index (χ4n) is 3.70. The molecular weight excluding hydrogens is 398 g/mol. The van der Waals surface area contributed by atoms with Crippen LogP contribution < -0.4 is 9.47 Å². The third-order valence-corrected chi connectivity index (χ3v) is 5.23. The molecule has 1 aliphatic heterocycles. The third-order valence-electron chi connectivity index (χ3n) is 5.23. The van der Waals surface area contributed by atoms with Crippen molar-refractivity contribution in [2.45, 2.75) is 12.5 Å². The summed E-state index contributed by atoms with van der Waals surface area (Å²) in [5.74, 6) is -0.751. The van der Waals surface area contributed by atoms with E-state index in [1.807, 2.05) is 19.0 Å². The van der Waals surface area contributed by atoms with Gasteiger partial charge in [0.15, 0.2) is 0 Å². The Balaban J connectivity index is 2.12. The summed E-state index contributed by atoms with van der Waals surface area (Å²) in [6, 6.07) is 7.66. The minimum absolute atomic E-state index is 0.0320. The Bertz CT molecular complexity index is 988. The first-order chi connectivity index (χ1) is 14.9. The van der Waals surface area contributed by atoms with Crippen LogP contribution in [-0.4, -0.2) is 73.0 Å². The van der Waals surface area contributed by atoms with Gasteiger partial charge in [0, 0.05) is 25.0 Å². The van der Waals surface area contributed by atoms with E-state index < -0.39 is 17.7 Å². The number of ether oxygens (including phenoxy) is 2. The molecule has 1 atom stereocenters. The van der Waals surface area contributed by atoms with Crippen LogP contribution in [0.25, 0.3) is 5.76 Å². The number of pyridine rings is 1. The van der Waals surface area contributed by atoms with Gasteiger partial charge in [0.25, 0.3) is 11.7 Å². The smallest absolute Gasteiger partial charge is 0.295 e. The maximum Gasteiger partial charge on any atom is 0.295 e. The average Bonchev–Trinajstić information content (AvgIpc) is 3.03. The number of amides is 1. The Morgan fingerprint density at radius 1 is 1.13 bits per heavy atom. The lowest BCUT2D eigenvalue weighted by Crippen LogP contribution is -2.32. The second-order valence-corrected chi connectivity index (χ2v) is 7.50. The summed E-state index contributed by atoms with van der Waals surface area (Å²) >= 11 is 0. The molecule has 0 saturated carbocycles. The van der Waals surface area contributed by atoms with Gasteiger partial charge in [-0.3, -0.25) is 14.6 Å². The maximum atomic E-state index is 13.0. The minimum Gasteiger partial charge on any atom is -0.507 e. The van der Waals surface area contributed by atoms with E-state index in [1.165, 1.54) is 19.1 Å². The Morgan fingerprint density at radius 2 is 1.84 bits per heavy atom. The van der Waals surface area contributed by atoms with Crippen molar-refractivity contribution in [2.24, 2.45) is 0 Å². The monoisotopic (exact) mass is 425 g/mol. The van der Waals surface area contributed by atoms with Crippen molar-refractivity contribution in [1.82, 2.24) is 14.8 Å². The first kappa shape index (κ1) is 22.3. The number of carbonyl (C=O) groups excluding carboxylic acids is 2. The lowest BCUT2D eigenvalue weighted by Gasteiger charge is -2.26. The number of aromatic nitrogens is 1. The van der Waals surface area contributed by atoms with Gasteiger partial charge in [-0.05, 0) is 56.9 Å². The van der Waals surface area contributed by atoms with Crippen LogP contribution in [0.1, 0.15) is 23.6 Å². The molecule has 2 aromatic rings. The summed E-state index contributed by atoms with van der Waals surface area (Å²) in [7, 11) is 6.89. The first-order valence-electron chi connectivity index (χ1n) is 9.94. The SMILES string of the molecule is COc1ccc(/C(O)=C2\C(=O)C(=O)N(CCCN(C)C)[C@@H]2c2ccncc2)c(OC)c1. The Morgan fingerprint density at radius 3 is 2.45 bits per heavy atom. The number of ketones is 1.